The average Bonchev–Trinajstić information content (AvgIpc) is 3.44. The zero-order chi connectivity index (χ0) is 19.6. The van der Waals surface area contributed by atoms with Crippen molar-refractivity contribution in [1.29, 1.82) is 0 Å². The summed E-state index contributed by atoms with van der Waals surface area (Å²) in [6, 6.07) is 26.0. The molecule has 7 heteroatoms. The van der Waals surface area contributed by atoms with Crippen molar-refractivity contribution in [3.05, 3.63) is 111 Å². The van der Waals surface area contributed by atoms with Crippen LogP contribution in [-0.4, -0.2) is 11.8 Å². The summed E-state index contributed by atoms with van der Waals surface area (Å²) in [5.74, 6) is -0.225. The van der Waals surface area contributed by atoms with E-state index in [9.17, 15) is 9.59 Å². The summed E-state index contributed by atoms with van der Waals surface area (Å²) in [5, 5.41) is 10.5. The van der Waals surface area contributed by atoms with Crippen molar-refractivity contribution in [1.82, 2.24) is 0 Å². The van der Waals surface area contributed by atoms with Gasteiger partial charge in [0.15, 0.2) is 0 Å². The third-order valence-electron chi connectivity index (χ3n) is 3.50. The minimum absolute atomic E-state index is 0. The van der Waals surface area contributed by atoms with Crippen molar-refractivity contribution >= 4 is 45.9 Å². The predicted molar refractivity (Wildman–Crippen MR) is 117 cm³/mol. The van der Waals surface area contributed by atoms with E-state index >= 15 is 0 Å². The first-order valence-corrected chi connectivity index (χ1v) is 10.2. The van der Waals surface area contributed by atoms with Gasteiger partial charge < -0.3 is 15.4 Å². The molecule has 2 aromatic carbocycles. The van der Waals surface area contributed by atoms with Crippen LogP contribution in [0.15, 0.2) is 95.7 Å². The predicted octanol–water partition coefficient (Wildman–Crippen LogP) is 6.59. The largest absolute Gasteiger partial charge is 0.622 e. The van der Waals surface area contributed by atoms with E-state index < -0.39 is 0 Å². The van der Waals surface area contributed by atoms with Gasteiger partial charge in [0, 0.05) is 43.9 Å². The molecule has 29 heavy (non-hydrogen) atoms. The van der Waals surface area contributed by atoms with Gasteiger partial charge in [-0.2, -0.15) is 0 Å². The second-order valence-electron chi connectivity index (χ2n) is 5.53. The second kappa shape index (κ2) is 12.6. The van der Waals surface area contributed by atoms with E-state index in [2.05, 4.69) is 10.6 Å². The Hall–Kier alpha value is -1.95. The number of para-hydroxylation sites is 2. The maximum Gasteiger partial charge on any atom is 0.265 e. The van der Waals surface area contributed by atoms with Crippen molar-refractivity contribution in [2.24, 2.45) is 0 Å². The molecule has 4 nitrogen and oxygen atoms in total. The van der Waals surface area contributed by atoms with Gasteiger partial charge in [0.25, 0.3) is 5.91 Å². The summed E-state index contributed by atoms with van der Waals surface area (Å²) in [6.07, 6.45) is 0. The minimum atomic E-state index is -0.175. The smallest absolute Gasteiger partial charge is 0.265 e. The number of amides is 2. The van der Waals surface area contributed by atoms with E-state index in [0.717, 1.165) is 10.6 Å². The minimum Gasteiger partial charge on any atom is -0.622 e. The van der Waals surface area contributed by atoms with Crippen molar-refractivity contribution in [2.75, 3.05) is 5.32 Å². The molecular formula is C22H17DyN2O2S2-. The molecule has 0 unspecified atom stereocenters. The Kier molecular flexibility index (Phi) is 10.1. The van der Waals surface area contributed by atoms with Crippen LogP contribution in [0.5, 0.6) is 0 Å². The molecule has 2 amide bonds. The van der Waals surface area contributed by atoms with Crippen molar-refractivity contribution < 1.29 is 47.8 Å². The molecular weight excluding hydrogens is 551 g/mol. The number of benzene rings is 2. The molecule has 0 saturated heterocycles. The van der Waals surface area contributed by atoms with Crippen molar-refractivity contribution in [2.45, 2.75) is 0 Å². The molecule has 0 aliphatic rings. The molecule has 0 saturated carbocycles. The van der Waals surface area contributed by atoms with Crippen molar-refractivity contribution in [3.8, 4) is 0 Å². The van der Waals surface area contributed by atoms with Crippen LogP contribution in [-0.2, 0) is 0 Å². The van der Waals surface area contributed by atoms with Crippen molar-refractivity contribution in [3.63, 3.8) is 0 Å². The standard InChI is InChI=1S/2C11H9NOS.Dy/c2*13-11(10-7-4-8-14-10)12-9-5-2-1-3-6-9;/h2*1-8H,(H,12,13);/p-1. The van der Waals surface area contributed by atoms with Gasteiger partial charge in [0.2, 0.25) is 0 Å². The Balaban J connectivity index is 0.000000200. The number of nitrogens with zero attached hydrogens (tertiary/aromatic N) is 1. The summed E-state index contributed by atoms with van der Waals surface area (Å²) < 4.78 is 0. The van der Waals surface area contributed by atoms with Gasteiger partial charge in [-0.05, 0) is 35.0 Å². The van der Waals surface area contributed by atoms with Crippen LogP contribution in [0.3, 0.4) is 0 Å². The van der Waals surface area contributed by atoms with Crippen LogP contribution < -0.4 is 5.32 Å². The Morgan fingerprint density at radius 2 is 1.24 bits per heavy atom. The zero-order valence-corrected chi connectivity index (χ0v) is 18.8. The van der Waals surface area contributed by atoms with Gasteiger partial charge in [-0.15, -0.1) is 28.4 Å². The molecule has 4 aromatic rings. The number of thiophene rings is 2. The molecule has 0 fully saturated rings. The van der Waals surface area contributed by atoms with Gasteiger partial charge in [-0.3, -0.25) is 4.79 Å². The quantitative estimate of drug-likeness (QED) is 0.302. The number of carbonyl (C=O) groups excluding carboxylic acids is 2. The Morgan fingerprint density at radius 1 is 0.690 bits per heavy atom. The zero-order valence-electron chi connectivity index (χ0n) is 15.1. The molecule has 0 spiro atoms. The van der Waals surface area contributed by atoms with Gasteiger partial charge in [-0.25, -0.2) is 0 Å². The summed E-state index contributed by atoms with van der Waals surface area (Å²) in [7, 11) is 0. The molecule has 4 rings (SSSR count). The monoisotopic (exact) mass is 569 g/mol. The summed E-state index contributed by atoms with van der Waals surface area (Å²) in [6.45, 7) is 0. The van der Waals surface area contributed by atoms with E-state index in [1.54, 1.807) is 6.07 Å². The molecule has 0 aliphatic carbocycles. The Labute approximate surface area is 208 Å². The molecule has 1 N–H and O–H groups in total. The number of hydrogen-bond acceptors (Lipinski definition) is 4. The molecule has 2 aromatic heterocycles. The fourth-order valence-electron chi connectivity index (χ4n) is 2.20. The summed E-state index contributed by atoms with van der Waals surface area (Å²) >= 11 is 2.85. The van der Waals surface area contributed by atoms with E-state index in [-0.39, 0.29) is 50.0 Å². The number of hydrogen-bond donors (Lipinski definition) is 1. The molecule has 0 aliphatic heterocycles. The normalized spacial score (nSPS) is 9.38. The maximum atomic E-state index is 11.6. The summed E-state index contributed by atoms with van der Waals surface area (Å²) in [5.41, 5.74) is 1.52. The summed E-state index contributed by atoms with van der Waals surface area (Å²) in [4.78, 5) is 24.5. The van der Waals surface area contributed by atoms with E-state index in [1.165, 1.54) is 22.7 Å². The first-order valence-electron chi connectivity index (χ1n) is 8.47. The van der Waals surface area contributed by atoms with Crippen LogP contribution in [0.4, 0.5) is 11.4 Å². The van der Waals surface area contributed by atoms with Gasteiger partial charge >= 0.3 is 0 Å². The molecule has 0 radical (unpaired) electrons. The third-order valence-corrected chi connectivity index (χ3v) is 5.22. The van der Waals surface area contributed by atoms with E-state index in [1.807, 2.05) is 89.6 Å². The molecule has 0 bridgehead atoms. The SMILES string of the molecule is O=C(Nc1ccccc1)c1cccs1.O=C([N-]c1ccccc1)c1cccs1.[Dy]. The average molecular weight is 568 g/mol. The number of carbonyl (C=O) groups is 2. The molecule has 2 heterocycles. The number of anilines is 1. The van der Waals surface area contributed by atoms with Crippen LogP contribution in [0.25, 0.3) is 5.32 Å². The first kappa shape index (κ1) is 23.3. The van der Waals surface area contributed by atoms with Crippen LogP contribution in [0.2, 0.25) is 0 Å². The number of nitrogens with one attached hydrogen (secondary N) is 1. The third kappa shape index (κ3) is 7.77. The molecule has 0 atom stereocenters. The second-order valence-corrected chi connectivity index (χ2v) is 7.42. The van der Waals surface area contributed by atoms with Gasteiger partial charge in [-0.1, -0.05) is 60.7 Å². The fraction of sp³-hybridized carbons (Fsp3) is 0. The van der Waals surface area contributed by atoms with Crippen LogP contribution in [0.1, 0.15) is 19.3 Å². The Bertz CT molecular complexity index is 906. The van der Waals surface area contributed by atoms with E-state index in [0.29, 0.717) is 10.6 Å². The Morgan fingerprint density at radius 3 is 1.79 bits per heavy atom. The maximum absolute atomic E-state index is 11.6. The fourth-order valence-corrected chi connectivity index (χ4v) is 3.42. The van der Waals surface area contributed by atoms with Crippen LogP contribution in [0, 0.1) is 38.2 Å². The first-order chi connectivity index (χ1) is 13.7. The topological polar surface area (TPSA) is 60.3 Å². The van der Waals surface area contributed by atoms with Crippen LogP contribution >= 0.6 is 22.7 Å². The molecule has 150 valence electrons. The van der Waals surface area contributed by atoms with E-state index in [4.69, 9.17) is 0 Å². The number of rotatable bonds is 4. The van der Waals surface area contributed by atoms with Gasteiger partial charge in [0.1, 0.15) is 0 Å². The van der Waals surface area contributed by atoms with Gasteiger partial charge in [0.05, 0.1) is 15.7 Å².